The highest BCUT2D eigenvalue weighted by molar-refractivity contribution is 5.68. The number of tetrazole rings is 1. The molecule has 1 aliphatic rings. The maximum Gasteiger partial charge on any atom is 0.380 e. The molecule has 0 fully saturated rings. The fourth-order valence-corrected chi connectivity index (χ4v) is 0.655. The van der Waals surface area contributed by atoms with Crippen LogP contribution < -0.4 is 4.59 Å². The first kappa shape index (κ1) is 6.04. The van der Waals surface area contributed by atoms with Crippen molar-refractivity contribution in [2.75, 3.05) is 7.05 Å². The van der Waals surface area contributed by atoms with Gasteiger partial charge >= 0.3 is 12.3 Å². The second-order valence-electron chi connectivity index (χ2n) is 2.06. The number of nitrogens with zero attached hydrogens (tertiary/aromatic N) is 7. The molecule has 1 N–H and O–H groups in total. The van der Waals surface area contributed by atoms with Crippen molar-refractivity contribution in [1.82, 2.24) is 25.2 Å². The van der Waals surface area contributed by atoms with Crippen LogP contribution in [0.5, 0.6) is 0 Å². The van der Waals surface area contributed by atoms with Crippen molar-refractivity contribution in [2.24, 2.45) is 15.5 Å². The predicted molar refractivity (Wildman–Crippen MR) is 34.2 cm³/mol. The lowest BCUT2D eigenvalue weighted by molar-refractivity contribution is 0.494. The van der Waals surface area contributed by atoms with E-state index < -0.39 is 0 Å². The van der Waals surface area contributed by atoms with Gasteiger partial charge in [0, 0.05) is 5.22 Å². The van der Waals surface area contributed by atoms with Gasteiger partial charge in [-0.15, -0.1) is 0 Å². The first-order valence-electron chi connectivity index (χ1n) is 2.82. The molecule has 8 nitrogen and oxygen atoms in total. The number of hydrogen-bond acceptors (Lipinski definition) is 6. The van der Waals surface area contributed by atoms with Crippen LogP contribution in [0, 0.1) is 0 Å². The third-order valence-electron chi connectivity index (χ3n) is 1.25. The zero-order chi connectivity index (χ0) is 7.73. The molecule has 1 aliphatic heterocycles. The molecule has 0 aliphatic carbocycles. The van der Waals surface area contributed by atoms with Crippen molar-refractivity contribution in [2.45, 2.75) is 0 Å². The maximum absolute atomic E-state index is 3.72. The highest BCUT2D eigenvalue weighted by Crippen LogP contribution is 2.14. The Morgan fingerprint density at radius 1 is 1.55 bits per heavy atom. The zero-order valence-corrected chi connectivity index (χ0v) is 5.63. The van der Waals surface area contributed by atoms with Gasteiger partial charge in [0.15, 0.2) is 0 Å². The fraction of sp³-hybridized carbons (Fsp3) is 0.333. The third kappa shape index (κ3) is 0.799. The van der Waals surface area contributed by atoms with Crippen LogP contribution in [0.4, 0.5) is 5.95 Å². The number of rotatable bonds is 1. The highest BCUT2D eigenvalue weighted by Gasteiger charge is 2.33. The zero-order valence-electron chi connectivity index (χ0n) is 5.63. The Morgan fingerprint density at radius 2 is 2.45 bits per heavy atom. The SMILES string of the molecule is C[N+]1(c2nnn[nH]2)[C]=NN=N1. The van der Waals surface area contributed by atoms with Gasteiger partial charge in [-0.1, -0.05) is 9.69 Å². The van der Waals surface area contributed by atoms with E-state index in [4.69, 9.17) is 0 Å². The van der Waals surface area contributed by atoms with E-state index in [9.17, 15) is 0 Å². The lowest BCUT2D eigenvalue weighted by Crippen LogP contribution is -2.36. The number of aromatic nitrogens is 4. The quantitative estimate of drug-likeness (QED) is 0.541. The first-order valence-corrected chi connectivity index (χ1v) is 2.82. The van der Waals surface area contributed by atoms with E-state index in [-0.39, 0.29) is 4.59 Å². The largest absolute Gasteiger partial charge is 0.380 e. The van der Waals surface area contributed by atoms with Crippen molar-refractivity contribution in [3.05, 3.63) is 0 Å². The van der Waals surface area contributed by atoms with Crippen molar-refractivity contribution < 1.29 is 0 Å². The lowest BCUT2D eigenvalue weighted by Gasteiger charge is -2.06. The topological polar surface area (TPSA) is 91.5 Å². The van der Waals surface area contributed by atoms with E-state index >= 15 is 0 Å². The van der Waals surface area contributed by atoms with E-state index in [2.05, 4.69) is 42.5 Å². The van der Waals surface area contributed by atoms with Gasteiger partial charge in [0.25, 0.3) is 0 Å². The van der Waals surface area contributed by atoms with Gasteiger partial charge < -0.3 is 0 Å². The molecule has 11 heavy (non-hydrogen) atoms. The number of H-pyrrole nitrogens is 1. The van der Waals surface area contributed by atoms with Crippen molar-refractivity contribution in [1.29, 1.82) is 0 Å². The molecule has 1 radical (unpaired) electrons. The molecule has 1 unspecified atom stereocenters. The van der Waals surface area contributed by atoms with Gasteiger partial charge in [-0.3, -0.25) is 0 Å². The average Bonchev–Trinajstić information content (AvgIpc) is 2.55. The maximum atomic E-state index is 3.72. The molecule has 2 heterocycles. The van der Waals surface area contributed by atoms with E-state index in [1.165, 1.54) is 0 Å². The summed E-state index contributed by atoms with van der Waals surface area (Å²) in [6.07, 6.45) is 2.59. The van der Waals surface area contributed by atoms with Crippen LogP contribution in [0.2, 0.25) is 0 Å². The third-order valence-corrected chi connectivity index (χ3v) is 1.25. The van der Waals surface area contributed by atoms with Crippen LogP contribution in [-0.4, -0.2) is 34.0 Å². The number of quaternary nitrogens is 1. The smallest absolute Gasteiger partial charge is 0.190 e. The summed E-state index contributed by atoms with van der Waals surface area (Å²) in [5.41, 5.74) is 0. The summed E-state index contributed by atoms with van der Waals surface area (Å²) in [4.78, 5) is 0. The Bertz CT molecular complexity index is 283. The molecular weight excluding hydrogens is 148 g/mol. The van der Waals surface area contributed by atoms with Crippen LogP contribution in [0.1, 0.15) is 0 Å². The normalized spacial score (nSPS) is 28.1. The second kappa shape index (κ2) is 1.89. The number of nitrogens with one attached hydrogen (secondary N) is 1. The van der Waals surface area contributed by atoms with E-state index in [1.54, 1.807) is 7.05 Å². The van der Waals surface area contributed by atoms with Crippen LogP contribution in [-0.2, 0) is 0 Å². The molecule has 0 saturated heterocycles. The molecule has 55 valence electrons. The van der Waals surface area contributed by atoms with Gasteiger partial charge in [0.1, 0.15) is 7.05 Å². The molecule has 0 aromatic carbocycles. The van der Waals surface area contributed by atoms with Gasteiger partial charge in [-0.25, -0.2) is 0 Å². The van der Waals surface area contributed by atoms with Crippen molar-refractivity contribution in [3.8, 4) is 0 Å². The minimum absolute atomic E-state index is 0.0903. The van der Waals surface area contributed by atoms with Crippen LogP contribution >= 0.6 is 0 Å². The molecule has 1 atom stereocenters. The van der Waals surface area contributed by atoms with E-state index in [0.29, 0.717) is 5.95 Å². The standard InChI is InChI=1S/C3H4N8/c1-11(2-4-7-10-11)3-5-8-9-6-3/h1H3,(H,5,6,8,9)/q+1. The summed E-state index contributed by atoms with van der Waals surface area (Å²) in [7, 11) is 1.70. The molecule has 1 aromatic heterocycles. The summed E-state index contributed by atoms with van der Waals surface area (Å²) in [5, 5.41) is 23.5. The Labute approximate surface area is 61.2 Å². The molecular formula is C3H4N8+. The summed E-state index contributed by atoms with van der Waals surface area (Å²) < 4.78 is -0.0903. The van der Waals surface area contributed by atoms with Gasteiger partial charge in [-0.2, -0.15) is 5.10 Å². The molecule has 0 bridgehead atoms. The monoisotopic (exact) mass is 152 g/mol. The van der Waals surface area contributed by atoms with Gasteiger partial charge in [0.05, 0.1) is 5.22 Å². The summed E-state index contributed by atoms with van der Waals surface area (Å²) in [6, 6.07) is 0. The van der Waals surface area contributed by atoms with Crippen LogP contribution in [0.25, 0.3) is 0 Å². The molecule has 2 rings (SSSR count). The summed E-state index contributed by atoms with van der Waals surface area (Å²) >= 11 is 0. The minimum atomic E-state index is -0.0903. The van der Waals surface area contributed by atoms with Gasteiger partial charge in [-0.05, 0) is 15.5 Å². The molecule has 0 spiro atoms. The Hall–Kier alpha value is -1.70. The number of hydrogen-bond donors (Lipinski definition) is 1. The van der Waals surface area contributed by atoms with Crippen molar-refractivity contribution in [3.63, 3.8) is 0 Å². The van der Waals surface area contributed by atoms with Crippen LogP contribution in [0.15, 0.2) is 15.5 Å². The fourth-order valence-electron chi connectivity index (χ4n) is 0.655. The van der Waals surface area contributed by atoms with E-state index in [0.717, 1.165) is 0 Å². The van der Waals surface area contributed by atoms with Crippen molar-refractivity contribution >= 4 is 12.3 Å². The Kier molecular flexibility index (Phi) is 1.04. The van der Waals surface area contributed by atoms with Crippen LogP contribution in [0.3, 0.4) is 0 Å². The lowest BCUT2D eigenvalue weighted by atomic mass is 10.8. The van der Waals surface area contributed by atoms with E-state index in [1.807, 2.05) is 0 Å². The average molecular weight is 152 g/mol. The predicted octanol–water partition coefficient (Wildman–Crippen LogP) is -0.662. The summed E-state index contributed by atoms with van der Waals surface area (Å²) in [5.74, 6) is 0.426. The molecule has 0 amide bonds. The second-order valence-corrected chi connectivity index (χ2v) is 2.06. The minimum Gasteiger partial charge on any atom is -0.190 e. The highest BCUT2D eigenvalue weighted by atomic mass is 15.8. The Balaban J connectivity index is 2.43. The molecule has 0 saturated carbocycles. The molecule has 8 heteroatoms. The summed E-state index contributed by atoms with van der Waals surface area (Å²) in [6.45, 7) is 0. The first-order chi connectivity index (χ1) is 5.31. The Morgan fingerprint density at radius 3 is 3.00 bits per heavy atom. The van der Waals surface area contributed by atoms with Gasteiger partial charge in [0.2, 0.25) is 0 Å². The molecule has 1 aromatic rings. The number of aromatic amines is 1.